The minimum absolute atomic E-state index is 0.238. The fourth-order valence-corrected chi connectivity index (χ4v) is 4.77. The lowest BCUT2D eigenvalue weighted by Crippen LogP contribution is -2.49. The lowest BCUT2D eigenvalue weighted by Gasteiger charge is -2.45. The van der Waals surface area contributed by atoms with Crippen LogP contribution in [0.15, 0.2) is 35.9 Å². The summed E-state index contributed by atoms with van der Waals surface area (Å²) >= 11 is 1.62. The molecule has 118 valence electrons. The van der Waals surface area contributed by atoms with Gasteiger partial charge in [0.25, 0.3) is 0 Å². The molecule has 1 aromatic carbocycles. The zero-order valence-corrected chi connectivity index (χ0v) is 13.5. The largest absolute Gasteiger partial charge is 0.305 e. The smallest absolute Gasteiger partial charge is 0.189 e. The quantitative estimate of drug-likeness (QED) is 0.795. The first-order chi connectivity index (χ1) is 11.6. The summed E-state index contributed by atoms with van der Waals surface area (Å²) in [7, 11) is 0. The van der Waals surface area contributed by atoms with E-state index < -0.39 is 23.1 Å². The van der Waals surface area contributed by atoms with E-state index in [-0.39, 0.29) is 17.2 Å². The van der Waals surface area contributed by atoms with Gasteiger partial charge >= 0.3 is 0 Å². The van der Waals surface area contributed by atoms with E-state index in [2.05, 4.69) is 6.07 Å². The second kappa shape index (κ2) is 6.11. The van der Waals surface area contributed by atoms with Gasteiger partial charge < -0.3 is 5.41 Å². The molecule has 2 aliphatic rings. The molecular weight excluding hydrogens is 323 g/mol. The highest BCUT2D eigenvalue weighted by Gasteiger charge is 2.57. The molecule has 1 aliphatic carbocycles. The van der Waals surface area contributed by atoms with Crippen molar-refractivity contribution in [3.05, 3.63) is 47.3 Å². The van der Waals surface area contributed by atoms with E-state index >= 15 is 0 Å². The monoisotopic (exact) mass is 336 g/mol. The van der Waals surface area contributed by atoms with Crippen LogP contribution < -0.4 is 0 Å². The fraction of sp³-hybridized carbons (Fsp3) is 0.333. The van der Waals surface area contributed by atoms with Gasteiger partial charge in [-0.15, -0.1) is 0 Å². The van der Waals surface area contributed by atoms with Crippen molar-refractivity contribution in [2.75, 3.05) is 11.5 Å². The molecule has 1 saturated carbocycles. The summed E-state index contributed by atoms with van der Waals surface area (Å²) in [6, 6.07) is 12.1. The van der Waals surface area contributed by atoms with E-state index in [0.29, 0.717) is 11.5 Å². The van der Waals surface area contributed by atoms with Crippen molar-refractivity contribution in [3.63, 3.8) is 0 Å². The molecular formula is C18H13FN4S. The number of nitrogens with zero attached hydrogens (tertiary/aromatic N) is 3. The molecule has 0 bridgehead atoms. The maximum atomic E-state index is 14.5. The number of thioether (sulfide) groups is 1. The molecule has 0 unspecified atom stereocenters. The molecule has 0 amide bonds. The third-order valence-electron chi connectivity index (χ3n) is 4.80. The Balaban J connectivity index is 2.29. The summed E-state index contributed by atoms with van der Waals surface area (Å²) in [5, 5.41) is 37.4. The third-order valence-corrected chi connectivity index (χ3v) is 5.80. The minimum Gasteiger partial charge on any atom is -0.305 e. The maximum Gasteiger partial charge on any atom is 0.189 e. The summed E-state index contributed by atoms with van der Waals surface area (Å²) in [6.45, 7) is 0. The number of hydrogen-bond donors (Lipinski definition) is 1. The van der Waals surface area contributed by atoms with Crippen LogP contribution in [0.1, 0.15) is 11.5 Å². The molecule has 1 heterocycles. The van der Waals surface area contributed by atoms with Gasteiger partial charge in [0, 0.05) is 23.3 Å². The van der Waals surface area contributed by atoms with Crippen molar-refractivity contribution in [2.24, 2.45) is 17.3 Å². The Morgan fingerprint density at radius 1 is 1.21 bits per heavy atom. The van der Waals surface area contributed by atoms with Crippen molar-refractivity contribution in [1.82, 2.24) is 0 Å². The molecule has 1 fully saturated rings. The predicted octanol–water partition coefficient (Wildman–Crippen LogP) is 3.41. The van der Waals surface area contributed by atoms with Crippen LogP contribution in [-0.2, 0) is 0 Å². The fourth-order valence-electron chi connectivity index (χ4n) is 3.68. The molecule has 1 aliphatic heterocycles. The summed E-state index contributed by atoms with van der Waals surface area (Å²) in [5.74, 6) is -1.16. The average Bonchev–Trinajstić information content (AvgIpc) is 2.62. The van der Waals surface area contributed by atoms with Crippen LogP contribution in [0.5, 0.6) is 0 Å². The highest BCUT2D eigenvalue weighted by molar-refractivity contribution is 7.99. The highest BCUT2D eigenvalue weighted by atomic mass is 32.2. The van der Waals surface area contributed by atoms with Crippen LogP contribution in [0.25, 0.3) is 0 Å². The summed E-state index contributed by atoms with van der Waals surface area (Å²) in [5.41, 5.74) is -1.06. The topological polar surface area (TPSA) is 95.2 Å². The second-order valence-corrected chi connectivity index (χ2v) is 6.93. The van der Waals surface area contributed by atoms with Crippen LogP contribution in [0, 0.1) is 62.5 Å². The van der Waals surface area contributed by atoms with Crippen molar-refractivity contribution < 1.29 is 4.39 Å². The third kappa shape index (κ3) is 2.13. The van der Waals surface area contributed by atoms with E-state index in [1.807, 2.05) is 18.2 Å². The standard InChI is InChI=1S/C18H13FN4S/c19-15-4-2-1-3-12(15)16-14-8-24-6-5-11(14)13(7-20)17(23)18(16,9-21)10-22/h1-5,13-14,16,23H,6,8H2/t13-,14-,16+/m0/s1. The molecule has 3 atom stereocenters. The SMILES string of the molecule is N#C[C@@H]1C(=N)C(C#N)(C#N)[C@H](c2ccccc2F)[C@H]2CSCC=C12. The molecule has 0 spiro atoms. The highest BCUT2D eigenvalue weighted by Crippen LogP contribution is 2.54. The van der Waals surface area contributed by atoms with E-state index in [9.17, 15) is 20.2 Å². The van der Waals surface area contributed by atoms with E-state index in [0.717, 1.165) is 5.57 Å². The van der Waals surface area contributed by atoms with E-state index in [1.54, 1.807) is 30.0 Å². The predicted molar refractivity (Wildman–Crippen MR) is 88.5 cm³/mol. The van der Waals surface area contributed by atoms with Gasteiger partial charge in [-0.3, -0.25) is 0 Å². The zero-order valence-electron chi connectivity index (χ0n) is 12.7. The molecule has 6 heteroatoms. The lowest BCUT2D eigenvalue weighted by atomic mass is 9.55. The second-order valence-electron chi connectivity index (χ2n) is 5.85. The lowest BCUT2D eigenvalue weighted by molar-refractivity contribution is 0.367. The van der Waals surface area contributed by atoms with Crippen molar-refractivity contribution >= 4 is 17.5 Å². The van der Waals surface area contributed by atoms with Crippen LogP contribution in [0.2, 0.25) is 0 Å². The molecule has 0 radical (unpaired) electrons. The summed E-state index contributed by atoms with van der Waals surface area (Å²) in [6.07, 6.45) is 1.90. The minimum atomic E-state index is -1.83. The number of nitriles is 3. The first-order valence-corrected chi connectivity index (χ1v) is 8.59. The Hall–Kier alpha value is -2.62. The Morgan fingerprint density at radius 2 is 1.92 bits per heavy atom. The maximum absolute atomic E-state index is 14.5. The summed E-state index contributed by atoms with van der Waals surface area (Å²) in [4.78, 5) is 0. The van der Waals surface area contributed by atoms with Crippen LogP contribution >= 0.6 is 11.8 Å². The number of benzene rings is 1. The average molecular weight is 336 g/mol. The Labute approximate surface area is 143 Å². The first-order valence-electron chi connectivity index (χ1n) is 7.44. The van der Waals surface area contributed by atoms with E-state index in [1.165, 1.54) is 6.07 Å². The summed E-state index contributed by atoms with van der Waals surface area (Å²) < 4.78 is 14.5. The molecule has 4 nitrogen and oxygen atoms in total. The molecule has 0 saturated heterocycles. The number of halogens is 1. The number of nitrogens with one attached hydrogen (secondary N) is 1. The zero-order chi connectivity index (χ0) is 17.3. The molecule has 24 heavy (non-hydrogen) atoms. The normalized spacial score (nSPS) is 27.8. The molecule has 3 rings (SSSR count). The van der Waals surface area contributed by atoms with Gasteiger partial charge in [0.1, 0.15) is 11.7 Å². The number of hydrogen-bond acceptors (Lipinski definition) is 5. The van der Waals surface area contributed by atoms with Gasteiger partial charge in [0.2, 0.25) is 0 Å². The van der Waals surface area contributed by atoms with Crippen molar-refractivity contribution in [3.8, 4) is 18.2 Å². The van der Waals surface area contributed by atoms with Gasteiger partial charge in [-0.2, -0.15) is 27.5 Å². The number of allylic oxidation sites excluding steroid dienone is 1. The Kier molecular flexibility index (Phi) is 4.14. The Morgan fingerprint density at radius 3 is 2.54 bits per heavy atom. The van der Waals surface area contributed by atoms with Crippen molar-refractivity contribution in [1.29, 1.82) is 21.2 Å². The van der Waals surface area contributed by atoms with Crippen LogP contribution in [0.4, 0.5) is 4.39 Å². The van der Waals surface area contributed by atoms with Gasteiger partial charge in [-0.1, -0.05) is 24.3 Å². The number of fused-ring (bicyclic) bond motifs is 1. The van der Waals surface area contributed by atoms with Gasteiger partial charge in [0.15, 0.2) is 5.41 Å². The van der Waals surface area contributed by atoms with E-state index in [4.69, 9.17) is 5.41 Å². The van der Waals surface area contributed by atoms with Gasteiger partial charge in [-0.05, 0) is 17.2 Å². The van der Waals surface area contributed by atoms with Crippen LogP contribution in [0.3, 0.4) is 0 Å². The molecule has 1 N–H and O–H groups in total. The van der Waals surface area contributed by atoms with Gasteiger partial charge in [-0.25, -0.2) is 4.39 Å². The Bertz CT molecular complexity index is 841. The number of rotatable bonds is 1. The molecule has 1 aromatic rings. The van der Waals surface area contributed by atoms with Crippen molar-refractivity contribution in [2.45, 2.75) is 5.92 Å². The first kappa shape index (κ1) is 16.2. The van der Waals surface area contributed by atoms with Crippen LogP contribution in [-0.4, -0.2) is 17.2 Å². The van der Waals surface area contributed by atoms with Gasteiger partial charge in [0.05, 0.1) is 23.9 Å². The molecule has 0 aromatic heterocycles.